The van der Waals surface area contributed by atoms with E-state index >= 15 is 0 Å². The molecule has 0 aliphatic heterocycles. The molecule has 2 aromatic carbocycles. The Balaban J connectivity index is 2.84. The van der Waals surface area contributed by atoms with Crippen LogP contribution in [0.1, 0.15) is 38.1 Å². The topological polar surface area (TPSA) is 105 Å². The van der Waals surface area contributed by atoms with Crippen LogP contribution in [0, 0.1) is 0 Å². The quantitative estimate of drug-likeness (QED) is 0.581. The third-order valence-corrected chi connectivity index (χ3v) is 3.27. The monoisotopic (exact) mass is 374 g/mol. The van der Waals surface area contributed by atoms with Gasteiger partial charge in [0.25, 0.3) is 0 Å². The molecule has 0 spiro atoms. The van der Waals surface area contributed by atoms with E-state index < -0.39 is 23.9 Å². The summed E-state index contributed by atoms with van der Waals surface area (Å²) in [6, 6.07) is 5.52. The molecule has 0 unspecified atom stereocenters. The number of carbonyl (C=O) groups excluding carboxylic acids is 4. The van der Waals surface area contributed by atoms with E-state index in [2.05, 4.69) is 0 Å². The van der Waals surface area contributed by atoms with E-state index in [1.165, 1.54) is 45.0 Å². The first-order valence-corrected chi connectivity index (χ1v) is 8.06. The van der Waals surface area contributed by atoms with Gasteiger partial charge in [-0.2, -0.15) is 0 Å². The van der Waals surface area contributed by atoms with E-state index in [-0.39, 0.29) is 40.2 Å². The van der Waals surface area contributed by atoms with E-state index in [1.807, 2.05) is 0 Å². The summed E-state index contributed by atoms with van der Waals surface area (Å²) in [5, 5.41) is 0.443. The van der Waals surface area contributed by atoms with Gasteiger partial charge >= 0.3 is 23.9 Å². The van der Waals surface area contributed by atoms with Gasteiger partial charge in [0, 0.05) is 26.2 Å². The molecular weight excluding hydrogens is 356 g/mol. The van der Waals surface area contributed by atoms with Gasteiger partial charge in [0.15, 0.2) is 0 Å². The van der Waals surface area contributed by atoms with Crippen molar-refractivity contribution in [3.05, 3.63) is 29.8 Å². The molecule has 0 saturated heterocycles. The van der Waals surface area contributed by atoms with Crippen LogP contribution >= 0.6 is 0 Å². The Labute approximate surface area is 154 Å². The molecule has 0 aliphatic carbocycles. The molecule has 0 N–H and O–H groups in total. The van der Waals surface area contributed by atoms with Crippen molar-refractivity contribution >= 4 is 34.6 Å². The average Bonchev–Trinajstić information content (AvgIpc) is 2.55. The van der Waals surface area contributed by atoms with Gasteiger partial charge in [-0.15, -0.1) is 0 Å². The summed E-state index contributed by atoms with van der Waals surface area (Å²) < 4.78 is 20.5. The number of ether oxygens (including phenoxy) is 4. The lowest BCUT2D eigenvalue weighted by atomic mass is 10.0. The maximum absolute atomic E-state index is 12.2. The fourth-order valence-electron chi connectivity index (χ4n) is 2.44. The van der Waals surface area contributed by atoms with Crippen LogP contribution in [-0.2, 0) is 19.1 Å². The van der Waals surface area contributed by atoms with Crippen LogP contribution in [0.5, 0.6) is 17.2 Å². The van der Waals surface area contributed by atoms with Crippen LogP contribution in [-0.4, -0.2) is 30.5 Å². The molecule has 0 aromatic heterocycles. The Morgan fingerprint density at radius 2 is 1.30 bits per heavy atom. The van der Waals surface area contributed by atoms with Gasteiger partial charge in [0.1, 0.15) is 17.2 Å². The average molecular weight is 374 g/mol. The SMILES string of the molecule is CCOC(=O)c1cc(OC(C)=O)c2c(OC(C)=O)ccc(OC(C)=O)c2c1. The summed E-state index contributed by atoms with van der Waals surface area (Å²) in [5.74, 6) is -2.34. The van der Waals surface area contributed by atoms with E-state index in [9.17, 15) is 19.2 Å². The predicted molar refractivity (Wildman–Crippen MR) is 93.8 cm³/mol. The van der Waals surface area contributed by atoms with Crippen molar-refractivity contribution < 1.29 is 38.1 Å². The second-order valence-corrected chi connectivity index (χ2v) is 5.46. The number of esters is 4. The third-order valence-electron chi connectivity index (χ3n) is 3.27. The van der Waals surface area contributed by atoms with Crippen molar-refractivity contribution in [2.75, 3.05) is 6.61 Å². The highest BCUT2D eigenvalue weighted by atomic mass is 16.6. The first-order valence-electron chi connectivity index (χ1n) is 8.06. The normalized spacial score (nSPS) is 10.2. The molecule has 27 heavy (non-hydrogen) atoms. The van der Waals surface area contributed by atoms with Crippen molar-refractivity contribution in [3.63, 3.8) is 0 Å². The van der Waals surface area contributed by atoms with Crippen LogP contribution in [0.25, 0.3) is 10.8 Å². The van der Waals surface area contributed by atoms with E-state index in [0.29, 0.717) is 0 Å². The maximum Gasteiger partial charge on any atom is 0.338 e. The number of rotatable bonds is 5. The Bertz CT molecular complexity index is 929. The lowest BCUT2D eigenvalue weighted by molar-refractivity contribution is -0.133. The van der Waals surface area contributed by atoms with Gasteiger partial charge in [0.05, 0.1) is 17.6 Å². The molecule has 2 aromatic rings. The molecule has 0 aliphatic rings. The largest absolute Gasteiger partial charge is 0.462 e. The fraction of sp³-hybridized carbons (Fsp3) is 0.263. The fourth-order valence-corrected chi connectivity index (χ4v) is 2.44. The summed E-state index contributed by atoms with van der Waals surface area (Å²) in [4.78, 5) is 46.5. The molecule has 0 saturated carbocycles. The minimum Gasteiger partial charge on any atom is -0.462 e. The van der Waals surface area contributed by atoms with Crippen molar-refractivity contribution in [1.29, 1.82) is 0 Å². The molecule has 0 amide bonds. The second-order valence-electron chi connectivity index (χ2n) is 5.46. The molecule has 2 rings (SSSR count). The summed E-state index contributed by atoms with van der Waals surface area (Å²) in [7, 11) is 0. The van der Waals surface area contributed by atoms with Crippen LogP contribution in [0.4, 0.5) is 0 Å². The summed E-state index contributed by atoms with van der Waals surface area (Å²) in [6.07, 6.45) is 0. The standard InChI is InChI=1S/C19H18O8/c1-5-24-19(23)13-8-14-15(25-10(2)20)6-7-16(26-11(3)21)18(14)17(9-13)27-12(4)22/h6-9H,5H2,1-4H3. The van der Waals surface area contributed by atoms with Gasteiger partial charge in [0.2, 0.25) is 0 Å². The lowest BCUT2D eigenvalue weighted by Crippen LogP contribution is -2.10. The number of hydrogen-bond donors (Lipinski definition) is 0. The number of carbonyl (C=O) groups is 4. The van der Waals surface area contributed by atoms with Gasteiger partial charge in [-0.25, -0.2) is 4.79 Å². The van der Waals surface area contributed by atoms with Gasteiger partial charge in [-0.3, -0.25) is 14.4 Å². The molecule has 0 fully saturated rings. The van der Waals surface area contributed by atoms with E-state index in [0.717, 1.165) is 0 Å². The molecule has 0 bridgehead atoms. The van der Waals surface area contributed by atoms with Crippen LogP contribution in [0.2, 0.25) is 0 Å². The highest BCUT2D eigenvalue weighted by Crippen LogP contribution is 2.41. The molecule has 8 nitrogen and oxygen atoms in total. The van der Waals surface area contributed by atoms with Crippen molar-refractivity contribution in [2.24, 2.45) is 0 Å². The zero-order valence-corrected chi connectivity index (χ0v) is 15.3. The van der Waals surface area contributed by atoms with E-state index in [1.54, 1.807) is 6.92 Å². The highest BCUT2D eigenvalue weighted by Gasteiger charge is 2.21. The minimum absolute atomic E-state index is 0.0340. The smallest absolute Gasteiger partial charge is 0.338 e. The zero-order chi connectivity index (χ0) is 20.1. The van der Waals surface area contributed by atoms with Crippen LogP contribution in [0.15, 0.2) is 24.3 Å². The van der Waals surface area contributed by atoms with Crippen LogP contribution < -0.4 is 14.2 Å². The van der Waals surface area contributed by atoms with Crippen LogP contribution in [0.3, 0.4) is 0 Å². The molecular formula is C19H18O8. The lowest BCUT2D eigenvalue weighted by Gasteiger charge is -2.15. The van der Waals surface area contributed by atoms with Crippen molar-refractivity contribution in [2.45, 2.75) is 27.7 Å². The Hall–Kier alpha value is -3.42. The van der Waals surface area contributed by atoms with Crippen molar-refractivity contribution in [3.8, 4) is 17.2 Å². The number of benzene rings is 2. The Morgan fingerprint density at radius 3 is 1.85 bits per heavy atom. The first-order chi connectivity index (χ1) is 12.7. The van der Waals surface area contributed by atoms with Gasteiger partial charge in [-0.1, -0.05) is 0 Å². The van der Waals surface area contributed by atoms with Gasteiger partial charge in [-0.05, 0) is 31.2 Å². The molecule has 8 heteroatoms. The predicted octanol–water partition coefficient (Wildman–Crippen LogP) is 2.79. The summed E-state index contributed by atoms with van der Waals surface area (Å²) in [5.41, 5.74) is 0.0778. The molecule has 0 radical (unpaired) electrons. The number of fused-ring (bicyclic) bond motifs is 1. The Morgan fingerprint density at radius 1 is 0.778 bits per heavy atom. The van der Waals surface area contributed by atoms with Gasteiger partial charge < -0.3 is 18.9 Å². The van der Waals surface area contributed by atoms with Crippen molar-refractivity contribution in [1.82, 2.24) is 0 Å². The molecule has 0 heterocycles. The molecule has 0 atom stereocenters. The summed E-state index contributed by atoms with van der Waals surface area (Å²) in [6.45, 7) is 5.40. The summed E-state index contributed by atoms with van der Waals surface area (Å²) >= 11 is 0. The third kappa shape index (κ3) is 4.81. The minimum atomic E-state index is -0.653. The highest BCUT2D eigenvalue weighted by molar-refractivity contribution is 6.05. The first kappa shape index (κ1) is 19.9. The second kappa shape index (κ2) is 8.31. The maximum atomic E-state index is 12.2. The zero-order valence-electron chi connectivity index (χ0n) is 15.3. The molecule has 142 valence electrons. The Kier molecular flexibility index (Phi) is 6.12. The number of hydrogen-bond acceptors (Lipinski definition) is 8. The van der Waals surface area contributed by atoms with E-state index in [4.69, 9.17) is 18.9 Å².